The van der Waals surface area contributed by atoms with Crippen LogP contribution in [0.15, 0.2) is 54.1 Å². The van der Waals surface area contributed by atoms with Gasteiger partial charge in [-0.1, -0.05) is 172 Å². The van der Waals surface area contributed by atoms with Crippen LogP contribution in [0.3, 0.4) is 0 Å². The van der Waals surface area contributed by atoms with Gasteiger partial charge in [-0.3, -0.25) is 14.4 Å². The summed E-state index contributed by atoms with van der Waals surface area (Å²) >= 11 is 0. The number of aliphatic hydroxyl groups is 2. The Morgan fingerprint density at radius 2 is 1.54 bits per heavy atom. The summed E-state index contributed by atoms with van der Waals surface area (Å²) in [6.07, 6.45) is 30.9. The molecular formula is C57H86O8. The fraction of sp³-hybridized carbons (Fsp3) is 0.772. The number of aliphatic hydroxyl groups excluding tert-OH is 1. The predicted molar refractivity (Wildman–Crippen MR) is 257 cm³/mol. The molecule has 0 spiro atoms. The van der Waals surface area contributed by atoms with E-state index >= 15 is 0 Å². The molecule has 362 valence electrons. The molecule has 0 amide bonds. The van der Waals surface area contributed by atoms with Gasteiger partial charge in [0.05, 0.1) is 31.8 Å². The van der Waals surface area contributed by atoms with E-state index in [0.717, 1.165) is 51.4 Å². The third kappa shape index (κ3) is 9.90. The van der Waals surface area contributed by atoms with Crippen molar-refractivity contribution in [1.82, 2.24) is 0 Å². The lowest BCUT2D eigenvalue weighted by Crippen LogP contribution is -2.64. The van der Waals surface area contributed by atoms with Gasteiger partial charge in [0, 0.05) is 30.1 Å². The number of Topliss-reactive ketones (excluding diaryl/α,β-unsaturated/α-hetero) is 1. The second-order valence-electron chi connectivity index (χ2n) is 23.0. The fourth-order valence-corrected chi connectivity index (χ4v) is 15.2. The highest BCUT2D eigenvalue weighted by molar-refractivity contribution is 5.85. The normalized spacial score (nSPS) is 35.6. The lowest BCUT2D eigenvalue weighted by molar-refractivity contribution is -0.199. The number of rotatable bonds is 25. The van der Waals surface area contributed by atoms with Crippen LogP contribution in [0.2, 0.25) is 0 Å². The van der Waals surface area contributed by atoms with Gasteiger partial charge in [0.1, 0.15) is 18.0 Å². The van der Waals surface area contributed by atoms with Gasteiger partial charge in [-0.15, -0.1) is 0 Å². The molecular weight excluding hydrogens is 813 g/mol. The summed E-state index contributed by atoms with van der Waals surface area (Å²) < 4.78 is 17.6. The first-order valence-corrected chi connectivity index (χ1v) is 26.3. The molecule has 0 radical (unpaired) electrons. The van der Waals surface area contributed by atoms with Crippen LogP contribution < -0.4 is 0 Å². The number of ketones is 1. The van der Waals surface area contributed by atoms with Crippen molar-refractivity contribution in [2.45, 2.75) is 207 Å². The van der Waals surface area contributed by atoms with E-state index in [1.54, 1.807) is 0 Å². The van der Waals surface area contributed by atoms with E-state index in [0.29, 0.717) is 19.4 Å². The number of hydrogen-bond acceptors (Lipinski definition) is 8. The number of carbonyl (C=O) groups is 3. The number of carbonyl (C=O) groups excluding carboxylic acids is 3. The SMILES string of the molecule is CCCCCCCCCCCCCCCCCC(=O)OC[C@@](C)(O)CC(=O)C[C@@H](C(=O)OC)[C@@H]1CC[C@]23C[C@]12C=C[C@@H]1[C@@]2(C)CC=C4C[C@@H](c5ccccc5)OC[C@]4(C)[C@@H]2C[C@@H](O)[C@]13C. The van der Waals surface area contributed by atoms with Gasteiger partial charge in [-0.25, -0.2) is 0 Å². The number of benzene rings is 1. The summed E-state index contributed by atoms with van der Waals surface area (Å²) in [5.41, 5.74) is 0.0309. The molecule has 2 N–H and O–H groups in total. The number of esters is 2. The predicted octanol–water partition coefficient (Wildman–Crippen LogP) is 12.5. The average Bonchev–Trinajstić information content (AvgIpc) is 3.87. The Morgan fingerprint density at radius 3 is 2.17 bits per heavy atom. The summed E-state index contributed by atoms with van der Waals surface area (Å²) in [5.74, 6) is -1.35. The molecule has 7 rings (SSSR count). The number of ether oxygens (including phenoxy) is 3. The second kappa shape index (κ2) is 20.8. The van der Waals surface area contributed by atoms with Gasteiger partial charge >= 0.3 is 11.9 Å². The van der Waals surface area contributed by atoms with Gasteiger partial charge in [0.2, 0.25) is 0 Å². The zero-order valence-electron chi connectivity index (χ0n) is 41.3. The first kappa shape index (κ1) is 50.1. The van der Waals surface area contributed by atoms with Gasteiger partial charge in [-0.05, 0) is 91.4 Å². The van der Waals surface area contributed by atoms with Crippen LogP contribution in [0.5, 0.6) is 0 Å². The van der Waals surface area contributed by atoms with E-state index in [4.69, 9.17) is 14.2 Å². The molecule has 1 aromatic rings. The van der Waals surface area contributed by atoms with Gasteiger partial charge in [0.25, 0.3) is 0 Å². The van der Waals surface area contributed by atoms with E-state index in [1.165, 1.54) is 102 Å². The van der Waals surface area contributed by atoms with Crippen LogP contribution in [-0.2, 0) is 28.6 Å². The van der Waals surface area contributed by atoms with Crippen molar-refractivity contribution in [1.29, 1.82) is 0 Å². The van der Waals surface area contributed by atoms with Crippen LogP contribution in [0.1, 0.15) is 200 Å². The molecule has 8 nitrogen and oxygen atoms in total. The van der Waals surface area contributed by atoms with Crippen LogP contribution in [-0.4, -0.2) is 60.0 Å². The Balaban J connectivity index is 0.893. The maximum Gasteiger partial charge on any atom is 0.309 e. The standard InChI is InChI=1S/C57H86O8/c1-7-8-9-10-11-12-13-14-15-16-17-18-19-20-24-27-50(60)65-39-52(2,62)37-43(58)35-44(51(61)63-6)45-29-33-57-38-56(45,57)32-30-47-53(3)31-28-42-34-46(41-25-22-21-23-26-41)64-40-54(42,4)48(53)36-49(59)55(47,57)5/h21-23,25-26,28,30,32,44-49,59,62H,7-20,24,27,29,31,33-40H2,1-6H3/t44-,45+,46+,47-,48-,49-,52+,53-,54+,55+,56-,57-/m1/s1. The molecule has 0 bridgehead atoms. The number of hydrogen-bond donors (Lipinski definition) is 2. The average molecular weight is 899 g/mol. The quantitative estimate of drug-likeness (QED) is 0.0566. The Labute approximate surface area is 392 Å². The molecule has 4 fully saturated rings. The van der Waals surface area contributed by atoms with E-state index in [1.807, 2.05) is 6.07 Å². The Morgan fingerprint density at radius 1 is 0.908 bits per heavy atom. The van der Waals surface area contributed by atoms with Crippen molar-refractivity contribution in [3.8, 4) is 0 Å². The molecule has 1 heterocycles. The van der Waals surface area contributed by atoms with Crippen LogP contribution in [0, 0.1) is 50.7 Å². The molecule has 0 unspecified atom stereocenters. The molecule has 12 atom stereocenters. The fourth-order valence-electron chi connectivity index (χ4n) is 15.2. The first-order valence-electron chi connectivity index (χ1n) is 26.3. The highest BCUT2D eigenvalue weighted by Gasteiger charge is 2.84. The molecule has 1 aliphatic heterocycles. The van der Waals surface area contributed by atoms with E-state index in [2.05, 4.69) is 70.2 Å². The highest BCUT2D eigenvalue weighted by Crippen LogP contribution is 2.89. The molecule has 65 heavy (non-hydrogen) atoms. The highest BCUT2D eigenvalue weighted by atomic mass is 16.5. The summed E-state index contributed by atoms with van der Waals surface area (Å²) in [4.78, 5) is 40.1. The van der Waals surface area contributed by atoms with Crippen LogP contribution in [0.4, 0.5) is 0 Å². The molecule has 3 saturated carbocycles. The van der Waals surface area contributed by atoms with Crippen molar-refractivity contribution in [3.05, 3.63) is 59.7 Å². The number of fused-ring (bicyclic) bond motifs is 5. The minimum atomic E-state index is -1.54. The molecule has 5 aliphatic carbocycles. The largest absolute Gasteiger partial charge is 0.469 e. The Hall–Kier alpha value is -2.81. The summed E-state index contributed by atoms with van der Waals surface area (Å²) in [7, 11) is 1.39. The minimum Gasteiger partial charge on any atom is -0.469 e. The van der Waals surface area contributed by atoms with Crippen molar-refractivity contribution in [3.63, 3.8) is 0 Å². The third-order valence-corrected chi connectivity index (χ3v) is 18.8. The molecule has 0 aromatic heterocycles. The zero-order chi connectivity index (χ0) is 46.5. The lowest BCUT2D eigenvalue weighted by Gasteiger charge is -2.67. The van der Waals surface area contributed by atoms with Crippen molar-refractivity contribution in [2.75, 3.05) is 20.3 Å². The Bertz CT molecular complexity index is 1850. The van der Waals surface area contributed by atoms with Gasteiger partial charge in [-0.2, -0.15) is 0 Å². The van der Waals surface area contributed by atoms with Gasteiger partial charge in [0.15, 0.2) is 0 Å². The second-order valence-corrected chi connectivity index (χ2v) is 23.0. The topological polar surface area (TPSA) is 119 Å². The van der Waals surface area contributed by atoms with Gasteiger partial charge < -0.3 is 24.4 Å². The van der Waals surface area contributed by atoms with Crippen LogP contribution in [0.25, 0.3) is 0 Å². The maximum absolute atomic E-state index is 13.8. The summed E-state index contributed by atoms with van der Waals surface area (Å²) in [6.45, 7) is 11.3. The number of methoxy groups -OCH3 is 1. The van der Waals surface area contributed by atoms with E-state index < -0.39 is 29.0 Å². The smallest absolute Gasteiger partial charge is 0.309 e. The molecule has 8 heteroatoms. The lowest BCUT2D eigenvalue weighted by atomic mass is 9.38. The molecule has 6 aliphatic rings. The maximum atomic E-state index is 13.8. The number of allylic oxidation sites excluding steroid dienone is 3. The van der Waals surface area contributed by atoms with Crippen molar-refractivity contribution in [2.24, 2.45) is 50.7 Å². The summed E-state index contributed by atoms with van der Waals surface area (Å²) in [5, 5.41) is 23.8. The monoisotopic (exact) mass is 899 g/mol. The zero-order valence-corrected chi connectivity index (χ0v) is 41.3. The van der Waals surface area contributed by atoms with Crippen molar-refractivity contribution >= 4 is 17.7 Å². The van der Waals surface area contributed by atoms with E-state index in [9.17, 15) is 24.6 Å². The van der Waals surface area contributed by atoms with Crippen LogP contribution >= 0.6 is 0 Å². The minimum absolute atomic E-state index is 0.0371. The summed E-state index contributed by atoms with van der Waals surface area (Å²) in [6, 6.07) is 10.5. The van der Waals surface area contributed by atoms with E-state index in [-0.39, 0.29) is 76.7 Å². The first-order chi connectivity index (χ1) is 31.1. The molecule has 1 saturated heterocycles. The molecule has 1 aromatic carbocycles. The Kier molecular flexibility index (Phi) is 16.0. The third-order valence-electron chi connectivity index (χ3n) is 18.8. The number of unbranched alkanes of at least 4 members (excludes halogenated alkanes) is 14. The van der Waals surface area contributed by atoms with Crippen molar-refractivity contribution < 1.29 is 38.8 Å².